The van der Waals surface area contributed by atoms with Crippen LogP contribution in [0.1, 0.15) is 30.2 Å². The van der Waals surface area contributed by atoms with Gasteiger partial charge in [0.05, 0.1) is 19.0 Å². The van der Waals surface area contributed by atoms with E-state index in [1.54, 1.807) is 22.7 Å². The van der Waals surface area contributed by atoms with E-state index in [1.807, 2.05) is 60.7 Å². The van der Waals surface area contributed by atoms with Gasteiger partial charge < -0.3 is 20.3 Å². The Labute approximate surface area is 180 Å². The topological polar surface area (TPSA) is 110 Å². The number of hydrogen-bond acceptors (Lipinski definition) is 6. The largest absolute Gasteiger partial charge is 0.387 e. The summed E-state index contributed by atoms with van der Waals surface area (Å²) in [6, 6.07) is 18.4. The number of nitrogens with two attached hydrogens (primary N) is 1. The summed E-state index contributed by atoms with van der Waals surface area (Å²) < 4.78 is 1.68. The molecule has 2 heterocycles. The maximum absolute atomic E-state index is 13.5. The number of nitrogens with zero attached hydrogens (tertiary/aromatic N) is 5. The Balaban J connectivity index is 1.62. The second-order valence-electron chi connectivity index (χ2n) is 7.39. The van der Waals surface area contributed by atoms with Crippen molar-refractivity contribution in [3.63, 3.8) is 0 Å². The number of amides is 1. The first-order chi connectivity index (χ1) is 15.0. The first kappa shape index (κ1) is 20.5. The zero-order chi connectivity index (χ0) is 21.8. The smallest absolute Gasteiger partial charge is 0.245 e. The predicted octanol–water partition coefficient (Wildman–Crippen LogP) is 2.73. The molecule has 1 amide bonds. The molecule has 0 saturated heterocycles. The third kappa shape index (κ3) is 4.39. The predicted molar refractivity (Wildman–Crippen MR) is 118 cm³/mol. The van der Waals surface area contributed by atoms with Crippen LogP contribution in [-0.4, -0.2) is 42.0 Å². The Bertz CT molecular complexity index is 1160. The molecule has 4 rings (SSSR count). The van der Waals surface area contributed by atoms with Crippen LogP contribution in [0.25, 0.3) is 11.2 Å². The summed E-state index contributed by atoms with van der Waals surface area (Å²) in [5.41, 5.74) is 8.58. The molecule has 0 aliphatic rings. The minimum absolute atomic E-state index is 0.157. The fourth-order valence-corrected chi connectivity index (χ4v) is 3.56. The Kier molecular flexibility index (Phi) is 5.90. The summed E-state index contributed by atoms with van der Waals surface area (Å²) in [4.78, 5) is 27.7. The summed E-state index contributed by atoms with van der Waals surface area (Å²) >= 11 is 0. The lowest BCUT2D eigenvalue weighted by Gasteiger charge is -2.29. The van der Waals surface area contributed by atoms with Gasteiger partial charge in [-0.2, -0.15) is 0 Å². The quantitative estimate of drug-likeness (QED) is 0.479. The van der Waals surface area contributed by atoms with Crippen molar-refractivity contribution in [2.75, 3.05) is 12.3 Å². The molecule has 0 saturated carbocycles. The number of aliphatic hydroxyl groups is 1. The number of benzene rings is 2. The Hall–Kier alpha value is -3.78. The molecule has 0 bridgehead atoms. The Morgan fingerprint density at radius 2 is 1.74 bits per heavy atom. The fourth-order valence-electron chi connectivity index (χ4n) is 3.56. The van der Waals surface area contributed by atoms with Crippen molar-refractivity contribution in [3.05, 3.63) is 84.4 Å². The molecule has 0 spiro atoms. The molecule has 158 valence electrons. The van der Waals surface area contributed by atoms with Gasteiger partial charge in [-0.1, -0.05) is 60.7 Å². The molecule has 31 heavy (non-hydrogen) atoms. The van der Waals surface area contributed by atoms with Gasteiger partial charge in [-0.05, 0) is 18.1 Å². The molecular formula is C23H24N6O2. The highest BCUT2D eigenvalue weighted by Gasteiger charge is 2.26. The second kappa shape index (κ2) is 8.93. The molecule has 2 atom stereocenters. The number of rotatable bonds is 7. The van der Waals surface area contributed by atoms with Crippen LogP contribution < -0.4 is 5.73 Å². The standard InChI is InChI=1S/C23H24N6O2/c1-16(29-15-27-20-21(24)25-14-26-22(20)29)23(31)28(12-17-8-4-2-5-9-17)13-19(30)18-10-6-3-7-11-18/h2-11,14-16,19,30H,12-13H2,1H3,(H2,24,25,26). The van der Waals surface area contributed by atoms with Crippen LogP contribution in [0, 0.1) is 0 Å². The van der Waals surface area contributed by atoms with Crippen LogP contribution in [0.15, 0.2) is 73.3 Å². The number of nitrogen functional groups attached to an aromatic ring is 1. The lowest BCUT2D eigenvalue weighted by Crippen LogP contribution is -2.38. The number of hydrogen-bond donors (Lipinski definition) is 2. The summed E-state index contributed by atoms with van der Waals surface area (Å²) in [7, 11) is 0. The van der Waals surface area contributed by atoms with Crippen LogP contribution in [-0.2, 0) is 11.3 Å². The monoisotopic (exact) mass is 416 g/mol. The van der Waals surface area contributed by atoms with Gasteiger partial charge in [-0.15, -0.1) is 0 Å². The van der Waals surface area contributed by atoms with E-state index in [0.29, 0.717) is 17.7 Å². The fraction of sp³-hybridized carbons (Fsp3) is 0.217. The molecule has 3 N–H and O–H groups in total. The highest BCUT2D eigenvalue weighted by Crippen LogP contribution is 2.23. The number of aromatic nitrogens is 4. The molecule has 2 aromatic carbocycles. The SMILES string of the molecule is CC(C(=O)N(Cc1ccccc1)CC(O)c1ccccc1)n1cnc2c(N)ncnc21. The van der Waals surface area contributed by atoms with E-state index in [2.05, 4.69) is 15.0 Å². The molecule has 0 aliphatic heterocycles. The molecule has 0 fully saturated rings. The van der Waals surface area contributed by atoms with Crippen molar-refractivity contribution in [1.82, 2.24) is 24.4 Å². The van der Waals surface area contributed by atoms with Crippen LogP contribution in [0.4, 0.5) is 5.82 Å². The maximum atomic E-state index is 13.5. The van der Waals surface area contributed by atoms with Gasteiger partial charge in [0.15, 0.2) is 11.5 Å². The molecule has 8 heteroatoms. The molecular weight excluding hydrogens is 392 g/mol. The van der Waals surface area contributed by atoms with Crippen LogP contribution in [0.2, 0.25) is 0 Å². The van der Waals surface area contributed by atoms with E-state index in [4.69, 9.17) is 5.73 Å². The number of carbonyl (C=O) groups is 1. The number of fused-ring (bicyclic) bond motifs is 1. The minimum atomic E-state index is -0.807. The maximum Gasteiger partial charge on any atom is 0.245 e. The van der Waals surface area contributed by atoms with Crippen molar-refractivity contribution in [3.8, 4) is 0 Å². The second-order valence-corrected chi connectivity index (χ2v) is 7.39. The highest BCUT2D eigenvalue weighted by atomic mass is 16.3. The molecule has 2 unspecified atom stereocenters. The highest BCUT2D eigenvalue weighted by molar-refractivity contribution is 5.85. The number of aliphatic hydroxyl groups excluding tert-OH is 1. The summed E-state index contributed by atoms with van der Waals surface area (Å²) in [6.45, 7) is 2.32. The van der Waals surface area contributed by atoms with Crippen molar-refractivity contribution in [2.45, 2.75) is 25.6 Å². The van der Waals surface area contributed by atoms with Gasteiger partial charge in [0.25, 0.3) is 0 Å². The van der Waals surface area contributed by atoms with E-state index >= 15 is 0 Å². The molecule has 4 aromatic rings. The van der Waals surface area contributed by atoms with Crippen molar-refractivity contribution in [2.24, 2.45) is 0 Å². The first-order valence-electron chi connectivity index (χ1n) is 10.0. The Morgan fingerprint density at radius 3 is 2.45 bits per heavy atom. The number of anilines is 1. The third-order valence-electron chi connectivity index (χ3n) is 5.27. The average Bonchev–Trinajstić information content (AvgIpc) is 3.24. The molecule has 8 nitrogen and oxygen atoms in total. The summed E-state index contributed by atoms with van der Waals surface area (Å²) in [6.07, 6.45) is 2.10. The van der Waals surface area contributed by atoms with Crippen molar-refractivity contribution >= 4 is 22.9 Å². The van der Waals surface area contributed by atoms with Crippen LogP contribution in [0.3, 0.4) is 0 Å². The van der Waals surface area contributed by atoms with Crippen LogP contribution >= 0.6 is 0 Å². The van der Waals surface area contributed by atoms with E-state index in [0.717, 1.165) is 11.1 Å². The number of imidazole rings is 1. The van der Waals surface area contributed by atoms with Crippen molar-refractivity contribution in [1.29, 1.82) is 0 Å². The summed E-state index contributed by atoms with van der Waals surface area (Å²) in [5, 5.41) is 10.8. The normalized spacial score (nSPS) is 13.1. The molecule has 2 aromatic heterocycles. The van der Waals surface area contributed by atoms with E-state index < -0.39 is 12.1 Å². The van der Waals surface area contributed by atoms with Gasteiger partial charge in [-0.25, -0.2) is 15.0 Å². The molecule has 0 radical (unpaired) electrons. The van der Waals surface area contributed by atoms with Gasteiger partial charge >= 0.3 is 0 Å². The van der Waals surface area contributed by atoms with Gasteiger partial charge in [0.1, 0.15) is 17.9 Å². The first-order valence-corrected chi connectivity index (χ1v) is 10.0. The van der Waals surface area contributed by atoms with Gasteiger partial charge in [-0.3, -0.25) is 4.79 Å². The number of carbonyl (C=O) groups excluding carboxylic acids is 1. The van der Waals surface area contributed by atoms with E-state index in [1.165, 1.54) is 6.33 Å². The molecule has 0 aliphatic carbocycles. The van der Waals surface area contributed by atoms with E-state index in [-0.39, 0.29) is 18.3 Å². The lowest BCUT2D eigenvalue weighted by molar-refractivity contribution is -0.136. The van der Waals surface area contributed by atoms with Crippen molar-refractivity contribution < 1.29 is 9.90 Å². The Morgan fingerprint density at radius 1 is 1.06 bits per heavy atom. The van der Waals surface area contributed by atoms with Gasteiger partial charge in [0.2, 0.25) is 5.91 Å². The van der Waals surface area contributed by atoms with Crippen LogP contribution in [0.5, 0.6) is 0 Å². The summed E-state index contributed by atoms with van der Waals surface area (Å²) in [5.74, 6) is 0.111. The average molecular weight is 416 g/mol. The third-order valence-corrected chi connectivity index (χ3v) is 5.27. The lowest BCUT2D eigenvalue weighted by atomic mass is 10.1. The van der Waals surface area contributed by atoms with Gasteiger partial charge in [0, 0.05) is 6.54 Å². The minimum Gasteiger partial charge on any atom is -0.387 e. The van der Waals surface area contributed by atoms with E-state index in [9.17, 15) is 9.90 Å². The zero-order valence-corrected chi connectivity index (χ0v) is 17.2. The zero-order valence-electron chi connectivity index (χ0n) is 17.2.